The number of fused-ring (bicyclic) bond motifs is 5. The Labute approximate surface area is 397 Å². The van der Waals surface area contributed by atoms with Gasteiger partial charge in [-0.1, -0.05) is 47.9 Å². The van der Waals surface area contributed by atoms with Crippen molar-refractivity contribution in [2.75, 3.05) is 6.61 Å². The first-order valence-electron chi connectivity index (χ1n) is 18.7. The minimum absolute atomic E-state index is 0.0343. The lowest BCUT2D eigenvalue weighted by Crippen LogP contribution is -2.80. The Hall–Kier alpha value is 5.81. The molecule has 1 heterocycles. The predicted molar refractivity (Wildman–Crippen MR) is 311 cm³/mol. The van der Waals surface area contributed by atoms with E-state index in [9.17, 15) is 19.5 Å². The van der Waals surface area contributed by atoms with Gasteiger partial charge in [0.2, 0.25) is 0 Å². The van der Waals surface area contributed by atoms with E-state index in [1.165, 1.54) is 13.8 Å². The first-order valence-corrected chi connectivity index (χ1v) is 53.4. The third-order valence-corrected chi connectivity index (χ3v) is 105. The van der Waals surface area contributed by atoms with E-state index in [1.54, 1.807) is 24.3 Å². The van der Waals surface area contributed by atoms with Gasteiger partial charge in [-0.3, -0.25) is 9.59 Å². The average Bonchev–Trinajstić information content (AvgIpc) is 3.14. The summed E-state index contributed by atoms with van der Waals surface area (Å²) < 4.78 is 41.3. The fourth-order valence-electron chi connectivity index (χ4n) is 9.56. The summed E-state index contributed by atoms with van der Waals surface area (Å²) in [6, 6.07) is 8.91. The summed E-state index contributed by atoms with van der Waals surface area (Å²) in [4.78, 5) is 41.6. The molecule has 0 radical (unpaired) electrons. The van der Waals surface area contributed by atoms with Gasteiger partial charge in [0.05, 0.1) is 45.3 Å². The molecule has 1 aromatic carbocycles. The van der Waals surface area contributed by atoms with Gasteiger partial charge < -0.3 is 33.1 Å². The molecule has 0 aromatic heterocycles. The van der Waals surface area contributed by atoms with Crippen molar-refractivity contribution in [1.82, 2.24) is 0 Å². The van der Waals surface area contributed by atoms with Crippen LogP contribution < -0.4 is 0 Å². The Bertz CT molecular complexity index is 1760. The Morgan fingerprint density at radius 3 is 1.84 bits per heavy atom. The van der Waals surface area contributed by atoms with Gasteiger partial charge in [0.15, 0.2) is 5.60 Å². The molecule has 10 nitrogen and oxygen atoms in total. The molecule has 1 saturated heterocycles. The van der Waals surface area contributed by atoms with Crippen LogP contribution in [0.2, 0.25) is 0 Å². The summed E-state index contributed by atoms with van der Waals surface area (Å²) in [6.45, 7) is 6.78. The van der Waals surface area contributed by atoms with Crippen LogP contribution in [0.15, 0.2) is 41.5 Å². The zero-order chi connectivity index (χ0) is 45.7. The molecule has 1 N–H and O–H groups in total. The predicted octanol–water partition coefficient (Wildman–Crippen LogP) is 14.6. The number of benzene rings is 1. The molecule has 0 spiro atoms. The summed E-state index contributed by atoms with van der Waals surface area (Å²) in [5.41, 5.74) is -1.45. The number of carbonyl (C=O) groups is 3. The number of hydrogen-bond acceptors (Lipinski definition) is 10. The first-order chi connectivity index (χ1) is 28.3. The molecule has 16 unspecified atom stereocenters. The van der Waals surface area contributed by atoms with Crippen LogP contribution in [0.5, 0.6) is 0 Å². The molecule has 1 aromatic rings. The van der Waals surface area contributed by atoms with Crippen LogP contribution >= 0.6 is 162 Å². The normalized spacial score (nSPS) is 33.3. The van der Waals surface area contributed by atoms with Crippen LogP contribution in [0.25, 0.3) is 0 Å². The molecular formula is C31H60O10P20. The second-order valence-electron chi connectivity index (χ2n) is 16.0. The molecule has 5 rings (SSSR count). The fraction of sp³-hybridized carbons (Fsp3) is 0.645. The number of ether oxygens (including phenoxy) is 4. The maximum Gasteiger partial charge on any atom is 0.338 e. The molecule has 4 aliphatic rings. The number of esters is 3. The van der Waals surface area contributed by atoms with Gasteiger partial charge in [-0.05, 0) is 77.0 Å². The van der Waals surface area contributed by atoms with Crippen molar-refractivity contribution in [3.63, 3.8) is 0 Å². The molecule has 2 saturated carbocycles. The highest BCUT2D eigenvalue weighted by Crippen LogP contribution is 3.17. The fourth-order valence-corrected chi connectivity index (χ4v) is 138. The highest BCUT2D eigenvalue weighted by Gasteiger charge is 2.76. The Kier molecular flexibility index (Phi) is 22.9. The SMILES string of the molecule is CC(=O)O[C@@H]1[C@H](O)C2=C(C)[C@@H](OP(P(P)P(P)P)P(P(P)P)P(P)P)CC(C(OC(=O)c3ccccc3)C3[C@@]1(C)[C@@H](OP(P(P)P)P(P)P)C[C@H]1OC[C@@]31OC(C)=O)C2(C)C. The van der Waals surface area contributed by atoms with Gasteiger partial charge >= 0.3 is 17.9 Å². The van der Waals surface area contributed by atoms with Crippen molar-refractivity contribution in [2.45, 2.75) is 96.6 Å². The van der Waals surface area contributed by atoms with E-state index in [2.05, 4.69) is 112 Å². The van der Waals surface area contributed by atoms with E-state index < -0.39 is 147 Å². The zero-order valence-electron chi connectivity index (χ0n) is 34.6. The zero-order valence-corrected chi connectivity index (χ0v) is 55.4. The van der Waals surface area contributed by atoms with Crippen LogP contribution in [0.3, 0.4) is 0 Å². The topological polar surface area (TPSA) is 127 Å². The van der Waals surface area contributed by atoms with Crippen molar-refractivity contribution in [3.8, 4) is 0 Å². The van der Waals surface area contributed by atoms with E-state index in [0.29, 0.717) is 24.0 Å². The summed E-state index contributed by atoms with van der Waals surface area (Å²) in [7, 11) is 31.1. The largest absolute Gasteiger partial charge is 0.459 e. The van der Waals surface area contributed by atoms with Gasteiger partial charge in [-0.25, -0.2) is 4.79 Å². The minimum Gasteiger partial charge on any atom is -0.459 e. The Morgan fingerprint density at radius 2 is 1.36 bits per heavy atom. The second-order valence-corrected chi connectivity index (χ2v) is 88.4. The molecule has 61 heavy (non-hydrogen) atoms. The molecule has 3 aliphatic carbocycles. The monoisotopic (exact) mass is 1210 g/mol. The molecule has 1 aliphatic heterocycles. The molecule has 344 valence electrons. The lowest BCUT2D eigenvalue weighted by molar-refractivity contribution is -0.351. The van der Waals surface area contributed by atoms with Crippen molar-refractivity contribution >= 4 is 180 Å². The number of aliphatic hydroxyl groups excluding tert-OH is 1. The molecule has 30 heteroatoms. The second kappa shape index (κ2) is 24.2. The van der Waals surface area contributed by atoms with Crippen molar-refractivity contribution in [1.29, 1.82) is 0 Å². The van der Waals surface area contributed by atoms with Crippen molar-refractivity contribution < 1.29 is 47.5 Å². The van der Waals surface area contributed by atoms with Crippen LogP contribution in [0.4, 0.5) is 0 Å². The molecule has 2 bridgehead atoms. The third kappa shape index (κ3) is 12.4. The van der Waals surface area contributed by atoms with Crippen LogP contribution in [0.1, 0.15) is 64.7 Å². The van der Waals surface area contributed by atoms with Crippen LogP contribution in [-0.2, 0) is 37.6 Å². The number of hydrogen-bond donors (Lipinski definition) is 1. The third-order valence-electron chi connectivity index (χ3n) is 12.0. The van der Waals surface area contributed by atoms with E-state index in [-0.39, 0.29) is 6.61 Å². The van der Waals surface area contributed by atoms with E-state index in [1.807, 2.05) is 19.9 Å². The summed E-state index contributed by atoms with van der Waals surface area (Å²) >= 11 is 0. The highest BCUT2D eigenvalue weighted by atomic mass is 33.2. The van der Waals surface area contributed by atoms with E-state index in [0.717, 1.165) is 5.57 Å². The first kappa shape index (κ1) is 57.7. The van der Waals surface area contributed by atoms with Crippen molar-refractivity contribution in [3.05, 3.63) is 47.0 Å². The lowest BCUT2D eigenvalue weighted by atomic mass is 9.45. The van der Waals surface area contributed by atoms with Crippen LogP contribution in [-0.4, -0.2) is 71.8 Å². The van der Waals surface area contributed by atoms with Gasteiger partial charge in [0, 0.05) is 45.6 Å². The number of carbonyl (C=O) groups excluding carboxylic acids is 3. The van der Waals surface area contributed by atoms with Gasteiger partial charge in [0.25, 0.3) is 0 Å². The Balaban J connectivity index is 1.87. The quantitative estimate of drug-likeness (QED) is 0.0785. The Morgan fingerprint density at radius 1 is 0.770 bits per heavy atom. The van der Waals surface area contributed by atoms with Crippen LogP contribution in [0, 0.1) is 22.7 Å². The summed E-state index contributed by atoms with van der Waals surface area (Å²) in [5.74, 6) is -2.94. The van der Waals surface area contributed by atoms with Crippen molar-refractivity contribution in [2.24, 2.45) is 22.7 Å². The minimum atomic E-state index is -1.32. The number of aliphatic hydroxyl groups is 1. The smallest absolute Gasteiger partial charge is 0.338 e. The van der Waals surface area contributed by atoms with E-state index in [4.69, 9.17) is 28.0 Å². The van der Waals surface area contributed by atoms with Gasteiger partial charge in [0.1, 0.15) is 24.4 Å². The standard InChI is InChI=1S/C31H60O10P20/c1-15-20(40-54(60(52)57(46)47)61(58(48)49)59(50)51)12-19-25(38-28(35)18-10-8-7-9-11-18)26-30(6,27(37-16(2)32)24(34)23(15)29(19,4)5)21(41-53(55(42)43)56(44)45)13-22-31(26,14-36-22)39-17(3)33/h7-11,19-22,24-27,34H,12-14,42-52H2,1-6H3/t19?,20-,21-,22+,24+,25?,26?,27+,30+,31-,54?,60?/m0/s1. The maximum atomic E-state index is 14.7. The lowest BCUT2D eigenvalue weighted by Gasteiger charge is -2.68. The summed E-state index contributed by atoms with van der Waals surface area (Å²) in [5, 5.41) is 13.3. The molecule has 0 amide bonds. The molecular weight excluding hydrogens is 1150 g/mol. The van der Waals surface area contributed by atoms with Gasteiger partial charge in [-0.15, -0.1) is 89.3 Å². The van der Waals surface area contributed by atoms with E-state index >= 15 is 0 Å². The summed E-state index contributed by atoms with van der Waals surface area (Å²) in [6.07, 6.45) is -4.46. The molecule has 3 fully saturated rings. The number of rotatable bonds is 15. The average molecular weight is 1210 g/mol. The maximum absolute atomic E-state index is 14.7. The highest BCUT2D eigenvalue weighted by molar-refractivity contribution is 9.19. The molecule has 23 atom stereocenters. The van der Waals surface area contributed by atoms with Gasteiger partial charge in [-0.2, -0.15) is 0 Å².